The molecular formula is C33H35ClN6O6. The summed E-state index contributed by atoms with van der Waals surface area (Å²) in [5, 5.41) is 2.73. The average Bonchev–Trinajstić information content (AvgIpc) is 3.84. The molecule has 3 heterocycles. The summed E-state index contributed by atoms with van der Waals surface area (Å²) in [5.74, 6) is -1.47. The molecule has 1 amide bonds. The van der Waals surface area contributed by atoms with Crippen molar-refractivity contribution in [1.29, 1.82) is 0 Å². The fourth-order valence-electron chi connectivity index (χ4n) is 5.37. The number of fused-ring (bicyclic) bond motifs is 1. The molecule has 4 aromatic rings. The molecule has 1 saturated heterocycles. The molecule has 0 spiro atoms. The Labute approximate surface area is 271 Å². The zero-order chi connectivity index (χ0) is 31.9. The van der Waals surface area contributed by atoms with E-state index in [1.807, 2.05) is 70.1 Å². The molecule has 13 heteroatoms. The zero-order valence-corrected chi connectivity index (χ0v) is 26.0. The molecule has 2 aromatic carbocycles. The normalized spacial score (nSPS) is 16.8. The van der Waals surface area contributed by atoms with E-state index >= 15 is 0 Å². The lowest BCUT2D eigenvalue weighted by Crippen LogP contribution is -2.48. The number of aromatic nitrogens is 4. The first-order chi connectivity index (χ1) is 22.4. The van der Waals surface area contributed by atoms with Crippen LogP contribution in [0.4, 0.5) is 5.82 Å². The van der Waals surface area contributed by atoms with E-state index in [-0.39, 0.29) is 37.3 Å². The Hall–Kier alpha value is -4.55. The van der Waals surface area contributed by atoms with Gasteiger partial charge in [-0.3, -0.25) is 14.2 Å². The molecule has 1 saturated carbocycles. The summed E-state index contributed by atoms with van der Waals surface area (Å²) in [6.45, 7) is 0.530. The predicted molar refractivity (Wildman–Crippen MR) is 169 cm³/mol. The van der Waals surface area contributed by atoms with Crippen molar-refractivity contribution in [3.05, 3.63) is 83.4 Å². The average molecular weight is 647 g/mol. The standard InChI is InChI=1S/C33H35ClN6O6/c34-33-37-30(29-31(38-33)40(21-35-29)27-13-7-8-16-44-27)39(24-14-15-24)18-26(41)36-25(32(43)46-20-23-11-5-2-6-12-23)17-28(42)45-19-22-9-3-1-4-10-22/h1-6,9-12,21,24-25,27H,7-8,13-20H2,(H,36,41)/t25-,27?/m0/s1. The lowest BCUT2D eigenvalue weighted by Gasteiger charge is -2.25. The molecule has 2 aromatic heterocycles. The Kier molecular flexibility index (Phi) is 10.0. The fraction of sp³-hybridized carbons (Fsp3) is 0.394. The van der Waals surface area contributed by atoms with E-state index in [0.717, 1.165) is 43.2 Å². The molecule has 1 aliphatic carbocycles. The van der Waals surface area contributed by atoms with Crippen LogP contribution in [0.1, 0.15) is 55.9 Å². The summed E-state index contributed by atoms with van der Waals surface area (Å²) in [7, 11) is 0. The van der Waals surface area contributed by atoms with E-state index in [9.17, 15) is 14.4 Å². The molecule has 2 aliphatic rings. The molecular weight excluding hydrogens is 612 g/mol. The molecule has 46 heavy (non-hydrogen) atoms. The van der Waals surface area contributed by atoms with Gasteiger partial charge in [0, 0.05) is 12.6 Å². The molecule has 6 rings (SSSR count). The van der Waals surface area contributed by atoms with Gasteiger partial charge in [0.1, 0.15) is 25.5 Å². The molecule has 1 aliphatic heterocycles. The number of anilines is 1. The van der Waals surface area contributed by atoms with Gasteiger partial charge in [0.25, 0.3) is 0 Å². The number of hydrogen-bond acceptors (Lipinski definition) is 10. The van der Waals surface area contributed by atoms with Crippen LogP contribution >= 0.6 is 11.6 Å². The van der Waals surface area contributed by atoms with E-state index in [1.54, 1.807) is 6.33 Å². The van der Waals surface area contributed by atoms with Crippen molar-refractivity contribution in [3.63, 3.8) is 0 Å². The number of halogens is 1. The maximum atomic E-state index is 13.5. The maximum absolute atomic E-state index is 13.5. The molecule has 2 atom stereocenters. The van der Waals surface area contributed by atoms with E-state index in [4.69, 9.17) is 25.8 Å². The number of nitrogens with zero attached hydrogens (tertiary/aromatic N) is 5. The summed E-state index contributed by atoms with van der Waals surface area (Å²) < 4.78 is 18.7. The van der Waals surface area contributed by atoms with Crippen molar-refractivity contribution in [2.45, 2.75) is 70.1 Å². The molecule has 1 N–H and O–H groups in total. The number of amides is 1. The second-order valence-electron chi connectivity index (χ2n) is 11.4. The smallest absolute Gasteiger partial charge is 0.329 e. The van der Waals surface area contributed by atoms with Gasteiger partial charge >= 0.3 is 11.9 Å². The summed E-state index contributed by atoms with van der Waals surface area (Å²) in [6.07, 6.45) is 5.60. The quantitative estimate of drug-likeness (QED) is 0.163. The lowest BCUT2D eigenvalue weighted by atomic mass is 10.2. The van der Waals surface area contributed by atoms with Gasteiger partial charge in [-0.2, -0.15) is 9.97 Å². The Morgan fingerprint density at radius 1 is 0.957 bits per heavy atom. The molecule has 240 valence electrons. The minimum Gasteiger partial charge on any atom is -0.461 e. The summed E-state index contributed by atoms with van der Waals surface area (Å²) in [5.41, 5.74) is 2.60. The highest BCUT2D eigenvalue weighted by Crippen LogP contribution is 2.35. The number of nitrogens with one attached hydrogen (secondary N) is 1. The molecule has 12 nitrogen and oxygen atoms in total. The minimum absolute atomic E-state index is 0.00983. The van der Waals surface area contributed by atoms with Crippen molar-refractivity contribution in [2.75, 3.05) is 18.1 Å². The third-order valence-electron chi connectivity index (χ3n) is 7.87. The second kappa shape index (κ2) is 14.7. The maximum Gasteiger partial charge on any atom is 0.329 e. The van der Waals surface area contributed by atoms with Gasteiger partial charge in [0.15, 0.2) is 17.0 Å². The Morgan fingerprint density at radius 2 is 1.65 bits per heavy atom. The topological polar surface area (TPSA) is 138 Å². The number of esters is 2. The van der Waals surface area contributed by atoms with Crippen LogP contribution in [0.25, 0.3) is 11.2 Å². The van der Waals surface area contributed by atoms with Crippen molar-refractivity contribution < 1.29 is 28.6 Å². The number of carbonyl (C=O) groups excluding carboxylic acids is 3. The van der Waals surface area contributed by atoms with Crippen molar-refractivity contribution in [2.24, 2.45) is 0 Å². The zero-order valence-electron chi connectivity index (χ0n) is 25.2. The SMILES string of the molecule is O=C(CN(c1nc(Cl)nc2c1ncn2C1CCCCO1)C1CC1)N[C@@H](CC(=O)OCc1ccccc1)C(=O)OCc1ccccc1. The number of rotatable bonds is 13. The third-order valence-corrected chi connectivity index (χ3v) is 8.04. The van der Waals surface area contributed by atoms with Crippen molar-refractivity contribution in [1.82, 2.24) is 24.8 Å². The van der Waals surface area contributed by atoms with Gasteiger partial charge in [-0.1, -0.05) is 60.7 Å². The Bertz CT molecular complexity index is 1660. The molecule has 0 radical (unpaired) electrons. The fourth-order valence-corrected chi connectivity index (χ4v) is 5.53. The highest BCUT2D eigenvalue weighted by atomic mass is 35.5. The van der Waals surface area contributed by atoms with Crippen LogP contribution in [0.3, 0.4) is 0 Å². The largest absolute Gasteiger partial charge is 0.461 e. The van der Waals surface area contributed by atoms with Crippen molar-refractivity contribution >= 4 is 46.4 Å². The van der Waals surface area contributed by atoms with Gasteiger partial charge in [0.05, 0.1) is 19.3 Å². The monoisotopic (exact) mass is 646 g/mol. The second-order valence-corrected chi connectivity index (χ2v) is 11.7. The first kappa shape index (κ1) is 31.4. The van der Waals surface area contributed by atoms with Crippen LogP contribution in [-0.4, -0.2) is 62.6 Å². The van der Waals surface area contributed by atoms with Gasteiger partial charge in [-0.05, 0) is 54.8 Å². The minimum atomic E-state index is -1.27. The number of imidazole rings is 1. The first-order valence-electron chi connectivity index (χ1n) is 15.4. The molecule has 2 fully saturated rings. The van der Waals surface area contributed by atoms with Crippen molar-refractivity contribution in [3.8, 4) is 0 Å². The highest BCUT2D eigenvalue weighted by Gasteiger charge is 2.35. The van der Waals surface area contributed by atoms with E-state index in [1.165, 1.54) is 0 Å². The van der Waals surface area contributed by atoms with Crippen LogP contribution in [-0.2, 0) is 41.8 Å². The van der Waals surface area contributed by atoms with E-state index in [2.05, 4.69) is 20.3 Å². The number of benzene rings is 2. The summed E-state index contributed by atoms with van der Waals surface area (Å²) in [6, 6.07) is 17.1. The van der Waals surface area contributed by atoms with E-state index in [0.29, 0.717) is 23.6 Å². The van der Waals surface area contributed by atoms with Crippen LogP contribution in [0.15, 0.2) is 67.0 Å². The van der Waals surface area contributed by atoms with Gasteiger partial charge < -0.3 is 24.4 Å². The van der Waals surface area contributed by atoms with Crippen LogP contribution in [0.2, 0.25) is 5.28 Å². The molecule has 1 unspecified atom stereocenters. The van der Waals surface area contributed by atoms with Crippen LogP contribution in [0.5, 0.6) is 0 Å². The van der Waals surface area contributed by atoms with Gasteiger partial charge in [0.2, 0.25) is 11.2 Å². The number of carbonyl (C=O) groups is 3. The number of ether oxygens (including phenoxy) is 3. The van der Waals surface area contributed by atoms with E-state index < -0.39 is 30.3 Å². The van der Waals surface area contributed by atoms with Crippen LogP contribution < -0.4 is 10.2 Å². The first-order valence-corrected chi connectivity index (χ1v) is 15.8. The lowest BCUT2D eigenvalue weighted by molar-refractivity contribution is -0.155. The third kappa shape index (κ3) is 7.99. The number of hydrogen-bond donors (Lipinski definition) is 1. The highest BCUT2D eigenvalue weighted by molar-refractivity contribution is 6.28. The summed E-state index contributed by atoms with van der Waals surface area (Å²) in [4.78, 5) is 54.9. The predicted octanol–water partition coefficient (Wildman–Crippen LogP) is 4.51. The Morgan fingerprint density at radius 3 is 2.30 bits per heavy atom. The van der Waals surface area contributed by atoms with Gasteiger partial charge in [-0.15, -0.1) is 0 Å². The Balaban J connectivity index is 1.17. The van der Waals surface area contributed by atoms with Gasteiger partial charge in [-0.25, -0.2) is 9.78 Å². The van der Waals surface area contributed by atoms with Crippen LogP contribution in [0, 0.1) is 0 Å². The summed E-state index contributed by atoms with van der Waals surface area (Å²) >= 11 is 6.40. The molecule has 0 bridgehead atoms.